The van der Waals surface area contributed by atoms with Crippen molar-refractivity contribution in [2.45, 2.75) is 39.3 Å². The number of nitrogens with one attached hydrogen (secondary N) is 1. The third-order valence-electron chi connectivity index (χ3n) is 5.46. The molecule has 2 aromatic carbocycles. The molecule has 192 valence electrons. The van der Waals surface area contributed by atoms with Gasteiger partial charge in [-0.05, 0) is 42.7 Å². The van der Waals surface area contributed by atoms with Crippen molar-refractivity contribution in [3.8, 4) is 11.5 Å². The number of ether oxygens (including phenoxy) is 2. The monoisotopic (exact) mass is 505 g/mol. The van der Waals surface area contributed by atoms with Gasteiger partial charge in [0.1, 0.15) is 24.1 Å². The third-order valence-corrected chi connectivity index (χ3v) is 6.58. The van der Waals surface area contributed by atoms with Crippen molar-refractivity contribution in [1.29, 1.82) is 0 Å². The van der Waals surface area contributed by atoms with Gasteiger partial charge in [-0.15, -0.1) is 0 Å². The molecule has 2 rings (SSSR count). The molecule has 0 aliphatic rings. The minimum Gasteiger partial charge on any atom is -0.497 e. The molecule has 0 aliphatic heterocycles. The van der Waals surface area contributed by atoms with Crippen molar-refractivity contribution in [2.24, 2.45) is 0 Å². The Morgan fingerprint density at radius 3 is 2.34 bits per heavy atom. The fourth-order valence-corrected chi connectivity index (χ4v) is 4.54. The average molecular weight is 506 g/mol. The molecule has 0 fully saturated rings. The maximum absolute atomic E-state index is 13.7. The number of sulfonamides is 1. The highest BCUT2D eigenvalue weighted by Gasteiger charge is 2.32. The Hall–Kier alpha value is -3.27. The van der Waals surface area contributed by atoms with Gasteiger partial charge in [0.05, 0.1) is 26.2 Å². The van der Waals surface area contributed by atoms with Gasteiger partial charge in [-0.1, -0.05) is 38.1 Å². The standard InChI is InChI=1S/C25H35N3O6S/c1-6-15-26-25(30)21(7-2)27(17-19-11-10-12-20(16-19)33-3)24(29)18-28(35(5,31)32)22-13-8-9-14-23(22)34-4/h8-14,16,21H,6-7,15,17-18H2,1-5H3,(H,26,30)/t21-/m0/s1. The highest BCUT2D eigenvalue weighted by Crippen LogP contribution is 2.30. The predicted molar refractivity (Wildman–Crippen MR) is 136 cm³/mol. The Kier molecular flexibility index (Phi) is 10.4. The van der Waals surface area contributed by atoms with E-state index in [-0.39, 0.29) is 18.1 Å². The summed E-state index contributed by atoms with van der Waals surface area (Å²) >= 11 is 0. The molecule has 10 heteroatoms. The second-order valence-electron chi connectivity index (χ2n) is 8.03. The van der Waals surface area contributed by atoms with Crippen LogP contribution in [0.1, 0.15) is 32.3 Å². The van der Waals surface area contributed by atoms with Crippen LogP contribution < -0.4 is 19.1 Å². The summed E-state index contributed by atoms with van der Waals surface area (Å²) < 4.78 is 37.1. The number of amides is 2. The lowest BCUT2D eigenvalue weighted by Crippen LogP contribution is -2.52. The van der Waals surface area contributed by atoms with E-state index in [1.807, 2.05) is 19.9 Å². The van der Waals surface area contributed by atoms with Crippen molar-refractivity contribution >= 4 is 27.5 Å². The molecule has 0 spiro atoms. The molecule has 0 saturated heterocycles. The normalized spacial score (nSPS) is 11.9. The fourth-order valence-electron chi connectivity index (χ4n) is 3.68. The highest BCUT2D eigenvalue weighted by molar-refractivity contribution is 7.92. The number of nitrogens with zero attached hydrogens (tertiary/aromatic N) is 2. The van der Waals surface area contributed by atoms with Gasteiger partial charge in [0.25, 0.3) is 0 Å². The minimum atomic E-state index is -3.84. The van der Waals surface area contributed by atoms with E-state index in [1.54, 1.807) is 49.6 Å². The summed E-state index contributed by atoms with van der Waals surface area (Å²) in [5.74, 6) is 0.138. The first-order chi connectivity index (χ1) is 16.7. The third kappa shape index (κ3) is 7.61. The number of methoxy groups -OCH3 is 2. The average Bonchev–Trinajstić information content (AvgIpc) is 2.85. The van der Waals surface area contributed by atoms with Crippen molar-refractivity contribution in [2.75, 3.05) is 37.9 Å². The smallest absolute Gasteiger partial charge is 0.244 e. The molecule has 9 nitrogen and oxygen atoms in total. The van der Waals surface area contributed by atoms with E-state index in [4.69, 9.17) is 9.47 Å². The van der Waals surface area contributed by atoms with Gasteiger partial charge in [0.2, 0.25) is 21.8 Å². The van der Waals surface area contributed by atoms with Gasteiger partial charge in [-0.3, -0.25) is 13.9 Å². The first kappa shape index (κ1) is 28.0. The van der Waals surface area contributed by atoms with Crippen molar-refractivity contribution < 1.29 is 27.5 Å². The molecule has 2 amide bonds. The molecule has 35 heavy (non-hydrogen) atoms. The van der Waals surface area contributed by atoms with E-state index in [0.29, 0.717) is 24.5 Å². The van der Waals surface area contributed by atoms with E-state index in [2.05, 4.69) is 5.32 Å². The molecule has 1 N–H and O–H groups in total. The number of hydrogen-bond acceptors (Lipinski definition) is 6. The first-order valence-electron chi connectivity index (χ1n) is 11.5. The number of para-hydroxylation sites is 2. The molecule has 0 unspecified atom stereocenters. The van der Waals surface area contributed by atoms with E-state index in [0.717, 1.165) is 22.5 Å². The maximum Gasteiger partial charge on any atom is 0.244 e. The number of rotatable bonds is 13. The largest absolute Gasteiger partial charge is 0.497 e. The first-order valence-corrected chi connectivity index (χ1v) is 13.3. The Labute approximate surface area is 208 Å². The van der Waals surface area contributed by atoms with Gasteiger partial charge >= 0.3 is 0 Å². The summed E-state index contributed by atoms with van der Waals surface area (Å²) in [4.78, 5) is 28.1. The van der Waals surface area contributed by atoms with Crippen molar-refractivity contribution in [3.05, 3.63) is 54.1 Å². The number of hydrogen-bond donors (Lipinski definition) is 1. The van der Waals surface area contributed by atoms with Gasteiger partial charge in [0, 0.05) is 13.1 Å². The van der Waals surface area contributed by atoms with E-state index in [9.17, 15) is 18.0 Å². The van der Waals surface area contributed by atoms with E-state index in [1.165, 1.54) is 12.0 Å². The van der Waals surface area contributed by atoms with Crippen LogP contribution in [0.5, 0.6) is 11.5 Å². The van der Waals surface area contributed by atoms with Crippen molar-refractivity contribution in [1.82, 2.24) is 10.2 Å². The molecular formula is C25H35N3O6S. The van der Waals surface area contributed by atoms with Crippen LogP contribution in [0.4, 0.5) is 5.69 Å². The van der Waals surface area contributed by atoms with Crippen LogP contribution in [-0.2, 0) is 26.2 Å². The zero-order chi connectivity index (χ0) is 26.0. The molecule has 0 saturated carbocycles. The summed E-state index contributed by atoms with van der Waals surface area (Å²) in [6, 6.07) is 13.0. The van der Waals surface area contributed by atoms with Gasteiger partial charge in [0.15, 0.2) is 0 Å². The number of carbonyl (C=O) groups excluding carboxylic acids is 2. The Bertz CT molecular complexity index is 1110. The molecule has 1 atom stereocenters. The zero-order valence-electron chi connectivity index (χ0n) is 21.0. The molecule has 0 aliphatic carbocycles. The van der Waals surface area contributed by atoms with Gasteiger partial charge in [-0.2, -0.15) is 0 Å². The van der Waals surface area contributed by atoms with Crippen LogP contribution in [0, 0.1) is 0 Å². The molecule has 0 radical (unpaired) electrons. The van der Waals surface area contributed by atoms with Crippen LogP contribution in [0.3, 0.4) is 0 Å². The van der Waals surface area contributed by atoms with Gasteiger partial charge < -0.3 is 19.7 Å². The van der Waals surface area contributed by atoms with Crippen LogP contribution >= 0.6 is 0 Å². The molecular weight excluding hydrogens is 470 g/mol. The second kappa shape index (κ2) is 13.0. The Morgan fingerprint density at radius 1 is 1.03 bits per heavy atom. The van der Waals surface area contributed by atoms with Crippen LogP contribution in [-0.4, -0.2) is 64.7 Å². The number of benzene rings is 2. The van der Waals surface area contributed by atoms with Crippen LogP contribution in [0.25, 0.3) is 0 Å². The molecule has 0 bridgehead atoms. The zero-order valence-corrected chi connectivity index (χ0v) is 21.8. The topological polar surface area (TPSA) is 105 Å². The number of anilines is 1. The molecule has 0 aromatic heterocycles. The summed E-state index contributed by atoms with van der Waals surface area (Å²) in [5.41, 5.74) is 0.998. The predicted octanol–water partition coefficient (Wildman–Crippen LogP) is 2.80. The van der Waals surface area contributed by atoms with Crippen molar-refractivity contribution in [3.63, 3.8) is 0 Å². The minimum absolute atomic E-state index is 0.109. The van der Waals surface area contributed by atoms with Crippen LogP contribution in [0.15, 0.2) is 48.5 Å². The fraction of sp³-hybridized carbons (Fsp3) is 0.440. The lowest BCUT2D eigenvalue weighted by atomic mass is 10.1. The quantitative estimate of drug-likeness (QED) is 0.449. The number of carbonyl (C=O) groups is 2. The highest BCUT2D eigenvalue weighted by atomic mass is 32.2. The molecule has 0 heterocycles. The molecule has 2 aromatic rings. The van der Waals surface area contributed by atoms with Gasteiger partial charge in [-0.25, -0.2) is 8.42 Å². The van der Waals surface area contributed by atoms with E-state index >= 15 is 0 Å². The second-order valence-corrected chi connectivity index (χ2v) is 9.94. The summed E-state index contributed by atoms with van der Waals surface area (Å²) in [6.07, 6.45) is 2.14. The summed E-state index contributed by atoms with van der Waals surface area (Å²) in [6.45, 7) is 3.86. The SMILES string of the molecule is CCCNC(=O)[C@H](CC)N(Cc1cccc(OC)c1)C(=O)CN(c1ccccc1OC)S(C)(=O)=O. The Balaban J connectivity index is 2.47. The summed E-state index contributed by atoms with van der Waals surface area (Å²) in [7, 11) is -0.864. The lowest BCUT2D eigenvalue weighted by molar-refractivity contribution is -0.140. The summed E-state index contributed by atoms with van der Waals surface area (Å²) in [5, 5.41) is 2.85. The maximum atomic E-state index is 13.7. The van der Waals surface area contributed by atoms with Crippen LogP contribution in [0.2, 0.25) is 0 Å². The van der Waals surface area contributed by atoms with E-state index < -0.39 is 28.5 Å². The Morgan fingerprint density at radius 2 is 1.74 bits per heavy atom. The lowest BCUT2D eigenvalue weighted by Gasteiger charge is -2.33.